The van der Waals surface area contributed by atoms with Crippen molar-refractivity contribution in [2.45, 2.75) is 27.2 Å². The summed E-state index contributed by atoms with van der Waals surface area (Å²) in [4.78, 5) is 24.9. The maximum atomic E-state index is 12.1. The zero-order valence-corrected chi connectivity index (χ0v) is 11.5. The van der Waals surface area contributed by atoms with E-state index in [-0.39, 0.29) is 12.3 Å². The molecule has 102 valence electrons. The Hall–Kier alpha value is -2.04. The van der Waals surface area contributed by atoms with Gasteiger partial charge in [0, 0.05) is 18.7 Å². The first-order valence-corrected chi connectivity index (χ1v) is 6.29. The quantitative estimate of drug-likeness (QED) is 0.779. The molecule has 1 aliphatic heterocycles. The number of amides is 2. The van der Waals surface area contributed by atoms with Crippen LogP contribution in [0.4, 0.5) is 11.4 Å². The second kappa shape index (κ2) is 4.57. The highest BCUT2D eigenvalue weighted by Crippen LogP contribution is 2.35. The van der Waals surface area contributed by atoms with E-state index < -0.39 is 11.8 Å². The molecule has 1 aromatic rings. The van der Waals surface area contributed by atoms with Gasteiger partial charge in [0.2, 0.25) is 11.8 Å². The first-order chi connectivity index (χ1) is 8.82. The van der Waals surface area contributed by atoms with E-state index in [0.717, 1.165) is 22.4 Å². The van der Waals surface area contributed by atoms with Gasteiger partial charge in [-0.1, -0.05) is 6.07 Å². The molecular weight excluding hydrogens is 242 g/mol. The van der Waals surface area contributed by atoms with Crippen LogP contribution in [-0.4, -0.2) is 18.4 Å². The van der Waals surface area contributed by atoms with Gasteiger partial charge >= 0.3 is 0 Å². The summed E-state index contributed by atoms with van der Waals surface area (Å²) in [5.41, 5.74) is 15.7. The number of anilines is 2. The number of nitrogens with two attached hydrogens (primary N) is 2. The van der Waals surface area contributed by atoms with Crippen molar-refractivity contribution in [1.82, 2.24) is 0 Å². The topological polar surface area (TPSA) is 89.4 Å². The highest BCUT2D eigenvalue weighted by molar-refractivity contribution is 6.01. The Morgan fingerprint density at radius 2 is 1.95 bits per heavy atom. The van der Waals surface area contributed by atoms with Crippen molar-refractivity contribution in [2.24, 2.45) is 11.7 Å². The Labute approximate surface area is 112 Å². The molecule has 1 aromatic carbocycles. The van der Waals surface area contributed by atoms with Crippen LogP contribution in [0.1, 0.15) is 23.1 Å². The normalized spacial score (nSPS) is 19.0. The number of aryl methyl sites for hydroxylation is 2. The lowest BCUT2D eigenvalue weighted by atomic mass is 10.0. The lowest BCUT2D eigenvalue weighted by molar-refractivity contribution is -0.123. The van der Waals surface area contributed by atoms with Gasteiger partial charge in [-0.2, -0.15) is 0 Å². The zero-order chi connectivity index (χ0) is 14.3. The highest BCUT2D eigenvalue weighted by atomic mass is 16.2. The summed E-state index contributed by atoms with van der Waals surface area (Å²) in [6.45, 7) is 6.13. The van der Waals surface area contributed by atoms with Crippen molar-refractivity contribution in [3.05, 3.63) is 22.8 Å². The predicted molar refractivity (Wildman–Crippen MR) is 74.7 cm³/mol. The molecule has 1 fully saturated rings. The Bertz CT molecular complexity index is 566. The van der Waals surface area contributed by atoms with Gasteiger partial charge in [-0.25, -0.2) is 0 Å². The van der Waals surface area contributed by atoms with E-state index in [9.17, 15) is 9.59 Å². The molecule has 0 bridgehead atoms. The average molecular weight is 261 g/mol. The van der Waals surface area contributed by atoms with Gasteiger partial charge < -0.3 is 16.4 Å². The van der Waals surface area contributed by atoms with Crippen molar-refractivity contribution in [1.29, 1.82) is 0 Å². The fourth-order valence-corrected chi connectivity index (χ4v) is 2.72. The second-order valence-corrected chi connectivity index (χ2v) is 5.21. The van der Waals surface area contributed by atoms with E-state index in [0.29, 0.717) is 12.2 Å². The van der Waals surface area contributed by atoms with Crippen molar-refractivity contribution in [2.75, 3.05) is 17.2 Å². The summed E-state index contributed by atoms with van der Waals surface area (Å²) in [5.74, 6) is -0.904. The van der Waals surface area contributed by atoms with Gasteiger partial charge in [0.25, 0.3) is 0 Å². The van der Waals surface area contributed by atoms with Gasteiger partial charge in [0.05, 0.1) is 11.6 Å². The number of nitrogens with zero attached hydrogens (tertiary/aromatic N) is 1. The predicted octanol–water partition coefficient (Wildman–Crippen LogP) is 1.03. The molecule has 0 aliphatic carbocycles. The minimum absolute atomic E-state index is 0.0711. The van der Waals surface area contributed by atoms with Gasteiger partial charge in [-0.15, -0.1) is 0 Å². The largest absolute Gasteiger partial charge is 0.398 e. The molecule has 5 heteroatoms. The van der Waals surface area contributed by atoms with E-state index in [2.05, 4.69) is 0 Å². The number of carbonyl (C=O) groups excluding carboxylic acids is 2. The molecule has 2 amide bonds. The summed E-state index contributed by atoms with van der Waals surface area (Å²) in [6.07, 6.45) is 0.183. The third-order valence-electron chi connectivity index (χ3n) is 3.79. The lowest BCUT2D eigenvalue weighted by Crippen LogP contribution is -2.29. The van der Waals surface area contributed by atoms with Gasteiger partial charge in [-0.05, 0) is 37.5 Å². The van der Waals surface area contributed by atoms with Crippen molar-refractivity contribution in [3.63, 3.8) is 0 Å². The van der Waals surface area contributed by atoms with Gasteiger partial charge in [0.15, 0.2) is 0 Å². The standard InChI is InChI=1S/C14H19N3O2/c1-7-4-8(2)13(9(3)12(7)15)17-6-10(14(16)19)5-11(17)18/h4,10H,5-6,15H2,1-3H3,(H2,16,19). The Balaban J connectivity index is 2.46. The Morgan fingerprint density at radius 3 is 2.47 bits per heavy atom. The van der Waals surface area contributed by atoms with Crippen LogP contribution < -0.4 is 16.4 Å². The van der Waals surface area contributed by atoms with Crippen LogP contribution in [0.3, 0.4) is 0 Å². The van der Waals surface area contributed by atoms with Crippen molar-refractivity contribution in [3.8, 4) is 0 Å². The fourth-order valence-electron chi connectivity index (χ4n) is 2.72. The zero-order valence-electron chi connectivity index (χ0n) is 11.5. The van der Waals surface area contributed by atoms with Crippen LogP contribution in [0, 0.1) is 26.7 Å². The SMILES string of the molecule is Cc1cc(C)c(N2CC(C(N)=O)CC2=O)c(C)c1N. The first kappa shape index (κ1) is 13.4. The van der Waals surface area contributed by atoms with E-state index >= 15 is 0 Å². The summed E-state index contributed by atoms with van der Waals surface area (Å²) < 4.78 is 0. The fraction of sp³-hybridized carbons (Fsp3) is 0.429. The van der Waals surface area contributed by atoms with Crippen LogP contribution in [0.25, 0.3) is 0 Å². The molecule has 1 unspecified atom stereocenters. The van der Waals surface area contributed by atoms with E-state index in [4.69, 9.17) is 11.5 Å². The average Bonchev–Trinajstić information content (AvgIpc) is 2.69. The number of rotatable bonds is 2. The maximum Gasteiger partial charge on any atom is 0.227 e. The first-order valence-electron chi connectivity index (χ1n) is 6.29. The van der Waals surface area contributed by atoms with Crippen LogP contribution >= 0.6 is 0 Å². The van der Waals surface area contributed by atoms with Crippen LogP contribution in [0.15, 0.2) is 6.07 Å². The summed E-state index contributed by atoms with van der Waals surface area (Å²) in [7, 11) is 0. The molecule has 0 saturated carbocycles. The smallest absolute Gasteiger partial charge is 0.227 e. The van der Waals surface area contributed by atoms with Crippen LogP contribution in [0.2, 0.25) is 0 Å². The number of hydrogen-bond acceptors (Lipinski definition) is 3. The summed E-state index contributed by atoms with van der Waals surface area (Å²) >= 11 is 0. The molecule has 1 aliphatic rings. The van der Waals surface area contributed by atoms with E-state index in [1.165, 1.54) is 0 Å². The van der Waals surface area contributed by atoms with Gasteiger partial charge in [0.1, 0.15) is 0 Å². The Kier molecular flexibility index (Phi) is 3.22. The molecule has 5 nitrogen and oxygen atoms in total. The molecule has 0 radical (unpaired) electrons. The number of benzene rings is 1. The second-order valence-electron chi connectivity index (χ2n) is 5.21. The van der Waals surface area contributed by atoms with Crippen molar-refractivity contribution < 1.29 is 9.59 Å². The maximum absolute atomic E-state index is 12.1. The number of carbonyl (C=O) groups is 2. The molecule has 0 aromatic heterocycles. The minimum Gasteiger partial charge on any atom is -0.398 e. The van der Waals surface area contributed by atoms with Crippen LogP contribution in [0.5, 0.6) is 0 Å². The molecule has 19 heavy (non-hydrogen) atoms. The summed E-state index contributed by atoms with van der Waals surface area (Å²) in [5, 5.41) is 0. The number of hydrogen-bond donors (Lipinski definition) is 2. The van der Waals surface area contributed by atoms with E-state index in [1.807, 2.05) is 26.8 Å². The molecular formula is C14H19N3O2. The molecule has 2 rings (SSSR count). The number of primary amides is 1. The summed E-state index contributed by atoms with van der Waals surface area (Å²) in [6, 6.07) is 1.96. The molecule has 0 spiro atoms. The highest BCUT2D eigenvalue weighted by Gasteiger charge is 2.35. The third-order valence-corrected chi connectivity index (χ3v) is 3.79. The van der Waals surface area contributed by atoms with E-state index in [1.54, 1.807) is 4.90 Å². The number of nitrogen functional groups attached to an aromatic ring is 1. The monoisotopic (exact) mass is 261 g/mol. The third kappa shape index (κ3) is 2.16. The molecule has 1 atom stereocenters. The lowest BCUT2D eigenvalue weighted by Gasteiger charge is -2.23. The Morgan fingerprint density at radius 1 is 1.32 bits per heavy atom. The molecule has 1 saturated heterocycles. The van der Waals surface area contributed by atoms with Crippen LogP contribution in [-0.2, 0) is 9.59 Å². The molecule has 1 heterocycles. The minimum atomic E-state index is -0.425. The van der Waals surface area contributed by atoms with Crippen molar-refractivity contribution >= 4 is 23.2 Å². The van der Waals surface area contributed by atoms with Gasteiger partial charge in [-0.3, -0.25) is 9.59 Å². The molecule has 4 N–H and O–H groups in total.